The molecule has 2 heterocycles. The molecule has 0 aromatic carbocycles. The van der Waals surface area contributed by atoms with Crippen LogP contribution in [0.4, 0.5) is 4.39 Å². The Morgan fingerprint density at radius 2 is 1.78 bits per heavy atom. The summed E-state index contributed by atoms with van der Waals surface area (Å²) in [6.07, 6.45) is 0.479. The van der Waals surface area contributed by atoms with Crippen molar-refractivity contribution in [3.05, 3.63) is 0 Å². The molecule has 2 aliphatic heterocycles. The maximum Gasteiger partial charge on any atom is 0.191 e. The van der Waals surface area contributed by atoms with Gasteiger partial charge in [-0.05, 0) is 0 Å². The molecule has 2 saturated heterocycles. The molecule has 2 aliphatic rings. The molecule has 0 atom stereocenters. The van der Waals surface area contributed by atoms with E-state index in [0.29, 0.717) is 26.1 Å². The Balaban J connectivity index is 2.17. The lowest BCUT2D eigenvalue weighted by Gasteiger charge is -2.13. The fourth-order valence-electron chi connectivity index (χ4n) is 1.38. The molecule has 2 fully saturated rings. The molecule has 3 heteroatoms. The third-order valence-corrected chi connectivity index (χ3v) is 2.00. The zero-order chi connectivity index (χ0) is 6.32. The predicted molar refractivity (Wildman–Crippen MR) is 28.8 cm³/mol. The van der Waals surface area contributed by atoms with Gasteiger partial charge >= 0.3 is 0 Å². The van der Waals surface area contributed by atoms with Gasteiger partial charge in [-0.1, -0.05) is 0 Å². The number of alkyl halides is 1. The Morgan fingerprint density at radius 3 is 2.22 bits per heavy atom. The van der Waals surface area contributed by atoms with Gasteiger partial charge in [0, 0.05) is 12.8 Å². The molecule has 0 unspecified atom stereocenters. The molecule has 52 valence electrons. The highest BCUT2D eigenvalue weighted by Gasteiger charge is 2.49. The number of hydrogen-bond acceptors (Lipinski definition) is 2. The van der Waals surface area contributed by atoms with Crippen LogP contribution in [0, 0.1) is 0 Å². The molecule has 2 nitrogen and oxygen atoms in total. The van der Waals surface area contributed by atoms with E-state index in [4.69, 9.17) is 9.47 Å². The molecule has 0 spiro atoms. The lowest BCUT2D eigenvalue weighted by Crippen LogP contribution is -2.27. The Labute approximate surface area is 52.9 Å². The first-order chi connectivity index (χ1) is 4.31. The summed E-state index contributed by atoms with van der Waals surface area (Å²) in [6.45, 7) is 1.03. The first-order valence-electron chi connectivity index (χ1n) is 3.23. The van der Waals surface area contributed by atoms with Crippen LogP contribution in [-0.2, 0) is 9.47 Å². The van der Waals surface area contributed by atoms with Gasteiger partial charge in [-0.25, -0.2) is 4.39 Å². The van der Waals surface area contributed by atoms with Crippen molar-refractivity contribution in [2.24, 2.45) is 0 Å². The Bertz CT molecular complexity index is 116. The zero-order valence-electron chi connectivity index (χ0n) is 5.10. The lowest BCUT2D eigenvalue weighted by molar-refractivity contribution is -0.116. The van der Waals surface area contributed by atoms with E-state index in [-0.39, 0.29) is 0 Å². The summed E-state index contributed by atoms with van der Waals surface area (Å²) in [5.74, 6) is 0. The van der Waals surface area contributed by atoms with Crippen LogP contribution < -0.4 is 0 Å². The van der Waals surface area contributed by atoms with E-state index in [1.54, 1.807) is 0 Å². The topological polar surface area (TPSA) is 18.5 Å². The number of fused-ring (bicyclic) bond motifs is 1. The summed E-state index contributed by atoms with van der Waals surface area (Å²) in [5.41, 5.74) is -1.14. The second kappa shape index (κ2) is 1.67. The van der Waals surface area contributed by atoms with Crippen LogP contribution in [0.15, 0.2) is 0 Å². The van der Waals surface area contributed by atoms with Crippen LogP contribution in [0.1, 0.15) is 12.8 Å². The monoisotopic (exact) mass is 132 g/mol. The van der Waals surface area contributed by atoms with Crippen LogP contribution in [-0.4, -0.2) is 25.2 Å². The number of halogens is 1. The van der Waals surface area contributed by atoms with E-state index in [9.17, 15) is 4.39 Å². The van der Waals surface area contributed by atoms with Gasteiger partial charge < -0.3 is 9.47 Å². The predicted octanol–water partition coefficient (Wildman–Crippen LogP) is 0.861. The molecule has 0 aliphatic carbocycles. The minimum absolute atomic E-state index is 0.512. The van der Waals surface area contributed by atoms with E-state index in [0.717, 1.165) is 0 Å². The highest BCUT2D eigenvalue weighted by atomic mass is 19.1. The van der Waals surface area contributed by atoms with Crippen LogP contribution in [0.25, 0.3) is 0 Å². The standard InChI is InChI=1S/C6H9FO2/c7-6-1-3-8-5(6)9-4-2-6/h5H,1-4H2. The number of rotatable bonds is 0. The van der Waals surface area contributed by atoms with Crippen molar-refractivity contribution >= 4 is 0 Å². The smallest absolute Gasteiger partial charge is 0.191 e. The van der Waals surface area contributed by atoms with Crippen molar-refractivity contribution in [1.82, 2.24) is 0 Å². The fourth-order valence-corrected chi connectivity index (χ4v) is 1.38. The summed E-state index contributed by atoms with van der Waals surface area (Å²) in [5, 5.41) is 0. The van der Waals surface area contributed by atoms with Gasteiger partial charge in [-0.2, -0.15) is 0 Å². The minimum atomic E-state index is -1.14. The van der Waals surface area contributed by atoms with Gasteiger partial charge in [0.2, 0.25) is 0 Å². The molecule has 0 N–H and O–H groups in total. The fraction of sp³-hybridized carbons (Fsp3) is 1.00. The van der Waals surface area contributed by atoms with E-state index in [1.807, 2.05) is 0 Å². The molecular formula is C6H9FO2. The molecule has 2 rings (SSSR count). The molecule has 0 amide bonds. The van der Waals surface area contributed by atoms with E-state index >= 15 is 0 Å². The molecule has 0 aromatic heterocycles. The van der Waals surface area contributed by atoms with Gasteiger partial charge in [0.05, 0.1) is 13.2 Å². The molecule has 0 bridgehead atoms. The van der Waals surface area contributed by atoms with E-state index in [2.05, 4.69) is 0 Å². The number of ether oxygens (including phenoxy) is 2. The van der Waals surface area contributed by atoms with Crippen molar-refractivity contribution < 1.29 is 13.9 Å². The van der Waals surface area contributed by atoms with E-state index in [1.165, 1.54) is 0 Å². The summed E-state index contributed by atoms with van der Waals surface area (Å²) >= 11 is 0. The largest absolute Gasteiger partial charge is 0.349 e. The van der Waals surface area contributed by atoms with E-state index < -0.39 is 12.0 Å². The Hall–Kier alpha value is -0.150. The van der Waals surface area contributed by atoms with Gasteiger partial charge in [-0.15, -0.1) is 0 Å². The summed E-state index contributed by atoms with van der Waals surface area (Å²) < 4.78 is 23.2. The second-order valence-electron chi connectivity index (χ2n) is 2.61. The summed E-state index contributed by atoms with van der Waals surface area (Å²) in [6, 6.07) is 0. The van der Waals surface area contributed by atoms with Gasteiger partial charge in [0.1, 0.15) is 0 Å². The average molecular weight is 132 g/mol. The van der Waals surface area contributed by atoms with Crippen LogP contribution in [0.5, 0.6) is 0 Å². The first-order valence-corrected chi connectivity index (χ1v) is 3.23. The van der Waals surface area contributed by atoms with Crippen LogP contribution in [0.3, 0.4) is 0 Å². The number of hydrogen-bond donors (Lipinski definition) is 0. The molecule has 0 aromatic rings. The zero-order valence-corrected chi connectivity index (χ0v) is 5.10. The van der Waals surface area contributed by atoms with Crippen molar-refractivity contribution in [2.45, 2.75) is 24.8 Å². The SMILES string of the molecule is FC12CCOC1OCC2. The van der Waals surface area contributed by atoms with Crippen molar-refractivity contribution in [3.8, 4) is 0 Å². The third kappa shape index (κ3) is 0.682. The van der Waals surface area contributed by atoms with Crippen molar-refractivity contribution in [2.75, 3.05) is 13.2 Å². The quantitative estimate of drug-likeness (QED) is 0.486. The van der Waals surface area contributed by atoms with Crippen LogP contribution >= 0.6 is 0 Å². The van der Waals surface area contributed by atoms with Crippen LogP contribution in [0.2, 0.25) is 0 Å². The highest BCUT2D eigenvalue weighted by molar-refractivity contribution is 4.91. The highest BCUT2D eigenvalue weighted by Crippen LogP contribution is 2.38. The molecular weight excluding hydrogens is 123 g/mol. The maximum absolute atomic E-state index is 13.2. The first kappa shape index (κ1) is 5.62. The molecule has 9 heavy (non-hydrogen) atoms. The molecule has 0 radical (unpaired) electrons. The normalized spacial score (nSPS) is 49.7. The minimum Gasteiger partial charge on any atom is -0.349 e. The average Bonchev–Trinajstić information content (AvgIpc) is 2.22. The Kier molecular flexibility index (Phi) is 1.04. The van der Waals surface area contributed by atoms with Gasteiger partial charge in [0.25, 0.3) is 0 Å². The van der Waals surface area contributed by atoms with Crippen molar-refractivity contribution in [1.29, 1.82) is 0 Å². The van der Waals surface area contributed by atoms with Crippen molar-refractivity contribution in [3.63, 3.8) is 0 Å². The Morgan fingerprint density at radius 1 is 1.22 bits per heavy atom. The maximum atomic E-state index is 13.2. The second-order valence-corrected chi connectivity index (χ2v) is 2.61. The van der Waals surface area contributed by atoms with Gasteiger partial charge in [0.15, 0.2) is 12.0 Å². The summed E-state index contributed by atoms with van der Waals surface area (Å²) in [7, 11) is 0. The lowest BCUT2D eigenvalue weighted by atomic mass is 10.0. The third-order valence-electron chi connectivity index (χ3n) is 2.00. The molecule has 0 saturated carbocycles. The van der Waals surface area contributed by atoms with Gasteiger partial charge in [-0.3, -0.25) is 0 Å². The summed E-state index contributed by atoms with van der Waals surface area (Å²) in [4.78, 5) is 0.